The van der Waals surface area contributed by atoms with Gasteiger partial charge >= 0.3 is 0 Å². The number of fused-ring (bicyclic) bond motifs is 1. The number of hydrogen-bond acceptors (Lipinski definition) is 3. The van der Waals surface area contributed by atoms with Crippen molar-refractivity contribution in [2.24, 2.45) is 11.8 Å². The first-order valence-electron chi connectivity index (χ1n) is 5.69. The first-order chi connectivity index (χ1) is 7.42. The molecule has 4 nitrogen and oxygen atoms in total. The molecule has 0 radical (unpaired) electrons. The third kappa shape index (κ3) is 1.76. The molecule has 1 aromatic heterocycles. The fourth-order valence-electron chi connectivity index (χ4n) is 2.93. The molecule has 1 aromatic rings. The van der Waals surface area contributed by atoms with Crippen LogP contribution in [0.1, 0.15) is 25.7 Å². The Morgan fingerprint density at radius 3 is 2.53 bits per heavy atom. The molecule has 0 aromatic carbocycles. The maximum atomic E-state index is 4.03. The van der Waals surface area contributed by atoms with Crippen LogP contribution in [0.3, 0.4) is 0 Å². The minimum absolute atomic E-state index is 0.588. The average molecular weight is 204 g/mol. The van der Waals surface area contributed by atoms with Gasteiger partial charge in [-0.3, -0.25) is 0 Å². The van der Waals surface area contributed by atoms with Crippen molar-refractivity contribution < 1.29 is 0 Å². The van der Waals surface area contributed by atoms with E-state index in [-0.39, 0.29) is 0 Å². The summed E-state index contributed by atoms with van der Waals surface area (Å²) in [6.45, 7) is 0. The Balaban J connectivity index is 1.62. The second-order valence-electron chi connectivity index (χ2n) is 4.63. The maximum Gasteiger partial charge on any atom is 0.168 e. The van der Waals surface area contributed by atoms with Crippen molar-refractivity contribution in [1.82, 2.24) is 15.4 Å². The van der Waals surface area contributed by atoms with Crippen molar-refractivity contribution in [1.29, 1.82) is 0 Å². The standard InChI is InChI=1S/C11H16N4/c1-2-4-9-6-10(5-8(9)3-1)13-11-7-12-15-14-11/h1-2,7-10H,3-6H2,(H2,12,13,14,15). The third-order valence-corrected chi connectivity index (χ3v) is 3.65. The Morgan fingerprint density at radius 1 is 1.20 bits per heavy atom. The highest BCUT2D eigenvalue weighted by molar-refractivity contribution is 5.31. The monoisotopic (exact) mass is 204 g/mol. The number of aromatic nitrogens is 3. The first-order valence-corrected chi connectivity index (χ1v) is 5.69. The summed E-state index contributed by atoms with van der Waals surface area (Å²) in [5.74, 6) is 2.66. The predicted molar refractivity (Wildman–Crippen MR) is 58.4 cm³/mol. The number of allylic oxidation sites excluding steroid dienone is 2. The van der Waals surface area contributed by atoms with Crippen molar-refractivity contribution in [2.75, 3.05) is 5.32 Å². The number of aromatic amines is 1. The minimum atomic E-state index is 0.588. The van der Waals surface area contributed by atoms with Crippen LogP contribution in [0.5, 0.6) is 0 Å². The fraction of sp³-hybridized carbons (Fsp3) is 0.636. The van der Waals surface area contributed by atoms with Crippen LogP contribution in [0.4, 0.5) is 5.82 Å². The van der Waals surface area contributed by atoms with E-state index >= 15 is 0 Å². The molecule has 0 spiro atoms. The van der Waals surface area contributed by atoms with E-state index in [4.69, 9.17) is 0 Å². The molecule has 4 heteroatoms. The van der Waals surface area contributed by atoms with Gasteiger partial charge in [-0.1, -0.05) is 12.2 Å². The molecule has 1 saturated carbocycles. The van der Waals surface area contributed by atoms with Gasteiger partial charge in [0.1, 0.15) is 0 Å². The van der Waals surface area contributed by atoms with Crippen molar-refractivity contribution in [3.8, 4) is 0 Å². The minimum Gasteiger partial charge on any atom is -0.365 e. The largest absolute Gasteiger partial charge is 0.365 e. The summed E-state index contributed by atoms with van der Waals surface area (Å²) in [6, 6.07) is 0.588. The number of nitrogens with one attached hydrogen (secondary N) is 2. The van der Waals surface area contributed by atoms with Crippen LogP contribution in [0, 0.1) is 11.8 Å². The predicted octanol–water partition coefficient (Wildman–Crippen LogP) is 1.96. The van der Waals surface area contributed by atoms with Crippen LogP contribution in [0.15, 0.2) is 18.3 Å². The smallest absolute Gasteiger partial charge is 0.168 e. The molecule has 0 aliphatic heterocycles. The van der Waals surface area contributed by atoms with E-state index in [1.165, 1.54) is 25.7 Å². The topological polar surface area (TPSA) is 53.6 Å². The third-order valence-electron chi connectivity index (χ3n) is 3.65. The first kappa shape index (κ1) is 8.95. The summed E-state index contributed by atoms with van der Waals surface area (Å²) in [5.41, 5.74) is 0. The summed E-state index contributed by atoms with van der Waals surface area (Å²) >= 11 is 0. The van der Waals surface area contributed by atoms with Gasteiger partial charge in [-0.25, -0.2) is 0 Å². The lowest BCUT2D eigenvalue weighted by molar-refractivity contribution is 0.380. The number of H-pyrrole nitrogens is 1. The lowest BCUT2D eigenvalue weighted by Gasteiger charge is -2.19. The molecule has 0 saturated heterocycles. The van der Waals surface area contributed by atoms with Gasteiger partial charge in [0.15, 0.2) is 5.82 Å². The molecule has 2 unspecified atom stereocenters. The molecular formula is C11H16N4. The number of anilines is 1. The van der Waals surface area contributed by atoms with Gasteiger partial charge in [0, 0.05) is 6.04 Å². The molecule has 2 atom stereocenters. The zero-order chi connectivity index (χ0) is 10.1. The Morgan fingerprint density at radius 2 is 1.93 bits per heavy atom. The molecule has 0 amide bonds. The van der Waals surface area contributed by atoms with Crippen LogP contribution < -0.4 is 5.32 Å². The quantitative estimate of drug-likeness (QED) is 0.724. The molecule has 1 heterocycles. The molecular weight excluding hydrogens is 188 g/mol. The molecule has 2 aliphatic carbocycles. The lowest BCUT2D eigenvalue weighted by Crippen LogP contribution is -2.15. The van der Waals surface area contributed by atoms with Gasteiger partial charge in [0.05, 0.1) is 6.20 Å². The van der Waals surface area contributed by atoms with Gasteiger partial charge < -0.3 is 5.32 Å². The molecule has 15 heavy (non-hydrogen) atoms. The van der Waals surface area contributed by atoms with E-state index in [0.29, 0.717) is 6.04 Å². The number of nitrogens with zero attached hydrogens (tertiary/aromatic N) is 2. The van der Waals surface area contributed by atoms with Gasteiger partial charge in [0.25, 0.3) is 0 Å². The highest BCUT2D eigenvalue weighted by Crippen LogP contribution is 2.40. The van der Waals surface area contributed by atoms with E-state index in [9.17, 15) is 0 Å². The van der Waals surface area contributed by atoms with Crippen LogP contribution in [0.25, 0.3) is 0 Å². The van der Waals surface area contributed by atoms with Gasteiger partial charge in [0.2, 0.25) is 0 Å². The fourth-order valence-corrected chi connectivity index (χ4v) is 2.93. The summed E-state index contributed by atoms with van der Waals surface area (Å²) in [7, 11) is 0. The van der Waals surface area contributed by atoms with Crippen molar-refractivity contribution >= 4 is 5.82 Å². The Bertz CT molecular complexity index is 327. The van der Waals surface area contributed by atoms with Crippen LogP contribution in [-0.2, 0) is 0 Å². The molecule has 2 N–H and O–H groups in total. The molecule has 2 aliphatic rings. The Kier molecular flexibility index (Phi) is 2.19. The Hall–Kier alpha value is -1.32. The van der Waals surface area contributed by atoms with Crippen LogP contribution in [-0.4, -0.2) is 21.5 Å². The maximum absolute atomic E-state index is 4.03. The normalized spacial score (nSPS) is 34.0. The van der Waals surface area contributed by atoms with Crippen molar-refractivity contribution in [3.63, 3.8) is 0 Å². The molecule has 0 bridgehead atoms. The van der Waals surface area contributed by atoms with E-state index < -0.39 is 0 Å². The lowest BCUT2D eigenvalue weighted by atomic mass is 9.86. The van der Waals surface area contributed by atoms with Crippen LogP contribution in [0.2, 0.25) is 0 Å². The number of rotatable bonds is 2. The second kappa shape index (κ2) is 3.68. The molecule has 1 fully saturated rings. The zero-order valence-corrected chi connectivity index (χ0v) is 8.69. The molecule has 80 valence electrons. The summed E-state index contributed by atoms with van der Waals surface area (Å²) in [4.78, 5) is 0. The van der Waals surface area contributed by atoms with Crippen molar-refractivity contribution in [3.05, 3.63) is 18.3 Å². The van der Waals surface area contributed by atoms with Gasteiger partial charge in [-0.2, -0.15) is 10.3 Å². The number of hydrogen-bond donors (Lipinski definition) is 2. The SMILES string of the molecule is C1=CCC2CC(Nc3cn[nH]n3)CC2C1. The van der Waals surface area contributed by atoms with Gasteiger partial charge in [-0.15, -0.1) is 5.10 Å². The van der Waals surface area contributed by atoms with Crippen molar-refractivity contribution in [2.45, 2.75) is 31.7 Å². The average Bonchev–Trinajstić information content (AvgIpc) is 2.86. The van der Waals surface area contributed by atoms with E-state index in [0.717, 1.165) is 17.7 Å². The summed E-state index contributed by atoms with van der Waals surface area (Å²) in [5, 5.41) is 13.9. The van der Waals surface area contributed by atoms with Gasteiger partial charge in [-0.05, 0) is 37.5 Å². The van der Waals surface area contributed by atoms with Crippen LogP contribution >= 0.6 is 0 Å². The Labute approximate surface area is 89.1 Å². The highest BCUT2D eigenvalue weighted by atomic mass is 15.4. The summed E-state index contributed by atoms with van der Waals surface area (Å²) in [6.07, 6.45) is 11.5. The second-order valence-corrected chi connectivity index (χ2v) is 4.63. The van der Waals surface area contributed by atoms with E-state index in [2.05, 4.69) is 32.9 Å². The zero-order valence-electron chi connectivity index (χ0n) is 8.69. The molecule has 3 rings (SSSR count). The van der Waals surface area contributed by atoms with E-state index in [1.807, 2.05) is 0 Å². The summed E-state index contributed by atoms with van der Waals surface area (Å²) < 4.78 is 0. The van der Waals surface area contributed by atoms with E-state index in [1.54, 1.807) is 6.20 Å². The highest BCUT2D eigenvalue weighted by Gasteiger charge is 2.34.